The van der Waals surface area contributed by atoms with Crippen molar-refractivity contribution in [2.75, 3.05) is 6.61 Å². The topological polar surface area (TPSA) is 38.8 Å². The lowest BCUT2D eigenvalue weighted by molar-refractivity contribution is 0.00251. The molecule has 0 bridgehead atoms. The van der Waals surface area contributed by atoms with E-state index in [0.717, 1.165) is 44.3 Å². The van der Waals surface area contributed by atoms with Crippen LogP contribution in [-0.2, 0) is 15.7 Å². The number of rotatable bonds is 9. The van der Waals surface area contributed by atoms with Gasteiger partial charge in [0, 0.05) is 19.2 Å². The molecule has 1 saturated carbocycles. The van der Waals surface area contributed by atoms with Crippen molar-refractivity contribution in [1.29, 1.82) is 0 Å². The molecule has 1 aliphatic rings. The van der Waals surface area contributed by atoms with E-state index in [1.807, 2.05) is 49.9 Å². The molecule has 1 fully saturated rings. The van der Waals surface area contributed by atoms with Crippen molar-refractivity contribution in [2.24, 2.45) is 11.8 Å². The van der Waals surface area contributed by atoms with E-state index < -0.39 is 13.9 Å². The number of ether oxygens (including phenoxy) is 1. The number of nitrogens with zero attached hydrogens (tertiary/aromatic N) is 1. The summed E-state index contributed by atoms with van der Waals surface area (Å²) in [5.41, 5.74) is 0.600. The Labute approximate surface area is 210 Å². The molecule has 5 heteroatoms. The molecule has 1 aromatic carbocycles. The van der Waals surface area contributed by atoms with Crippen molar-refractivity contribution in [2.45, 2.75) is 110 Å². The fraction of sp³-hybridized carbons (Fsp3) is 0.690. The third-order valence-electron chi connectivity index (χ3n) is 7.55. The summed E-state index contributed by atoms with van der Waals surface area (Å²) in [7, 11) is -1.72. The van der Waals surface area contributed by atoms with Gasteiger partial charge in [0.25, 0.3) is 0 Å². The second kappa shape index (κ2) is 11.9. The van der Waals surface area contributed by atoms with Crippen LogP contribution in [0, 0.1) is 11.8 Å². The van der Waals surface area contributed by atoms with Gasteiger partial charge >= 0.3 is 6.09 Å². The maximum Gasteiger partial charge on any atom is 0.410 e. The van der Waals surface area contributed by atoms with Gasteiger partial charge in [-0.05, 0) is 88.4 Å². The summed E-state index contributed by atoms with van der Waals surface area (Å²) in [4.78, 5) is 15.3. The molecule has 0 spiro atoms. The largest absolute Gasteiger partial charge is 0.444 e. The maximum absolute atomic E-state index is 13.3. The summed E-state index contributed by atoms with van der Waals surface area (Å²) in [5.74, 6) is 1.05. The van der Waals surface area contributed by atoms with Crippen LogP contribution in [0.4, 0.5) is 4.79 Å². The summed E-state index contributed by atoms with van der Waals surface area (Å²) in [6.45, 7) is 22.8. The maximum atomic E-state index is 13.3. The number of amides is 1. The van der Waals surface area contributed by atoms with E-state index in [9.17, 15) is 4.79 Å². The molecule has 0 unspecified atom stereocenters. The molecule has 1 aromatic rings. The van der Waals surface area contributed by atoms with E-state index in [1.165, 1.54) is 0 Å². The number of carbonyl (C=O) groups excluding carboxylic acids is 1. The third kappa shape index (κ3) is 8.57. The third-order valence-corrected chi connectivity index (χ3v) is 12.1. The minimum atomic E-state index is -1.72. The molecule has 1 atom stereocenters. The van der Waals surface area contributed by atoms with Gasteiger partial charge in [0.1, 0.15) is 5.60 Å². The molecule has 0 aromatic heterocycles. The summed E-state index contributed by atoms with van der Waals surface area (Å²) in [6, 6.07) is 10.3. The summed E-state index contributed by atoms with van der Waals surface area (Å²) in [6.07, 6.45) is 7.03. The Balaban J connectivity index is 2.11. The van der Waals surface area contributed by atoms with Gasteiger partial charge in [-0.1, -0.05) is 57.2 Å². The normalized spacial score (nSPS) is 20.5. The zero-order valence-electron chi connectivity index (χ0n) is 23.0. The van der Waals surface area contributed by atoms with Crippen molar-refractivity contribution in [3.05, 3.63) is 48.6 Å². The van der Waals surface area contributed by atoms with Crippen molar-refractivity contribution < 1.29 is 14.0 Å². The number of hydrogen-bond donors (Lipinski definition) is 0. The first-order chi connectivity index (χ1) is 15.7. The second-order valence-corrected chi connectivity index (χ2v) is 17.3. The Bertz CT molecular complexity index is 771. The molecule has 2 rings (SSSR count). The highest BCUT2D eigenvalue weighted by Crippen LogP contribution is 2.39. The molecule has 0 saturated heterocycles. The average Bonchev–Trinajstić information content (AvgIpc) is 2.74. The number of benzene rings is 1. The lowest BCUT2D eigenvalue weighted by Crippen LogP contribution is -2.47. The Kier molecular flexibility index (Phi) is 10.0. The molecular weight excluding hydrogens is 438 g/mol. The van der Waals surface area contributed by atoms with E-state index in [4.69, 9.17) is 9.16 Å². The average molecular weight is 488 g/mol. The van der Waals surface area contributed by atoms with Gasteiger partial charge in [0.05, 0.1) is 0 Å². The predicted octanol–water partition coefficient (Wildman–Crippen LogP) is 8.20. The molecule has 1 amide bonds. The van der Waals surface area contributed by atoms with E-state index in [2.05, 4.69) is 52.6 Å². The van der Waals surface area contributed by atoms with Crippen molar-refractivity contribution >= 4 is 14.4 Å². The van der Waals surface area contributed by atoms with Crippen molar-refractivity contribution in [3.63, 3.8) is 0 Å². The first-order valence-electron chi connectivity index (χ1n) is 13.0. The lowest BCUT2D eigenvalue weighted by Gasteiger charge is -2.41. The van der Waals surface area contributed by atoms with Crippen LogP contribution in [0.25, 0.3) is 0 Å². The predicted molar refractivity (Wildman–Crippen MR) is 145 cm³/mol. The van der Waals surface area contributed by atoms with Crippen LogP contribution >= 0.6 is 0 Å². The van der Waals surface area contributed by atoms with Gasteiger partial charge in [0.2, 0.25) is 0 Å². The van der Waals surface area contributed by atoms with Gasteiger partial charge in [-0.3, -0.25) is 0 Å². The van der Waals surface area contributed by atoms with E-state index in [0.29, 0.717) is 18.4 Å². The van der Waals surface area contributed by atoms with E-state index >= 15 is 0 Å². The van der Waals surface area contributed by atoms with Gasteiger partial charge in [-0.15, -0.1) is 6.58 Å². The summed E-state index contributed by atoms with van der Waals surface area (Å²) in [5, 5.41) is 0.241. The highest BCUT2D eigenvalue weighted by molar-refractivity contribution is 6.74. The fourth-order valence-corrected chi connectivity index (χ4v) is 5.53. The number of hydrogen-bond acceptors (Lipinski definition) is 3. The lowest BCUT2D eigenvalue weighted by atomic mass is 9.77. The van der Waals surface area contributed by atoms with Gasteiger partial charge in [-0.2, -0.15) is 0 Å². The standard InChI is InChI=1S/C29H49NO3Si/c1-10-14-26(25-19-17-24(18-20-25)22-32-34(8,9)29(5,6)7)30(27(31)33-28(2,3)4)21-23-15-12-11-13-16-23/h10-13,15-16,24-26H,1,14,17-22H2,2-9H3/t24?,25?,26-/m0/s1. The molecule has 0 radical (unpaired) electrons. The van der Waals surface area contributed by atoms with Crippen LogP contribution in [0.15, 0.2) is 43.0 Å². The quantitative estimate of drug-likeness (QED) is 0.260. The first kappa shape index (κ1) is 28.6. The van der Waals surface area contributed by atoms with Crippen LogP contribution in [0.1, 0.15) is 79.2 Å². The van der Waals surface area contributed by atoms with Gasteiger partial charge in [0.15, 0.2) is 8.32 Å². The minimum absolute atomic E-state index is 0.0924. The highest BCUT2D eigenvalue weighted by Gasteiger charge is 2.39. The molecule has 34 heavy (non-hydrogen) atoms. The van der Waals surface area contributed by atoms with Crippen LogP contribution in [0.3, 0.4) is 0 Å². The SMILES string of the molecule is C=CC[C@@H](C1CCC(CO[Si](C)(C)C(C)(C)C)CC1)N(Cc1ccccc1)C(=O)OC(C)(C)C. The molecule has 4 nitrogen and oxygen atoms in total. The molecular formula is C29H49NO3Si. The monoisotopic (exact) mass is 487 g/mol. The Morgan fingerprint density at radius 3 is 2.18 bits per heavy atom. The molecule has 0 N–H and O–H groups in total. The van der Waals surface area contributed by atoms with Crippen molar-refractivity contribution in [3.8, 4) is 0 Å². The van der Waals surface area contributed by atoms with Crippen molar-refractivity contribution in [1.82, 2.24) is 4.90 Å². The van der Waals surface area contributed by atoms with E-state index in [1.54, 1.807) is 0 Å². The molecule has 0 aliphatic heterocycles. The zero-order chi connectivity index (χ0) is 25.6. The molecule has 1 aliphatic carbocycles. The fourth-order valence-electron chi connectivity index (χ4n) is 4.45. The van der Waals surface area contributed by atoms with Crippen LogP contribution in [-0.4, -0.2) is 37.6 Å². The minimum Gasteiger partial charge on any atom is -0.444 e. The Hall–Kier alpha value is -1.59. The van der Waals surface area contributed by atoms with Crippen LogP contribution < -0.4 is 0 Å². The Morgan fingerprint density at radius 1 is 1.09 bits per heavy atom. The molecule has 192 valence electrons. The van der Waals surface area contributed by atoms with E-state index in [-0.39, 0.29) is 17.2 Å². The molecule has 0 heterocycles. The number of carbonyl (C=O) groups is 1. The van der Waals surface area contributed by atoms with Gasteiger partial charge in [-0.25, -0.2) is 4.79 Å². The summed E-state index contributed by atoms with van der Waals surface area (Å²) >= 11 is 0. The summed E-state index contributed by atoms with van der Waals surface area (Å²) < 4.78 is 12.4. The Morgan fingerprint density at radius 2 is 1.68 bits per heavy atom. The smallest absolute Gasteiger partial charge is 0.410 e. The van der Waals surface area contributed by atoms with Crippen LogP contribution in [0.2, 0.25) is 18.1 Å². The first-order valence-corrected chi connectivity index (χ1v) is 15.9. The highest BCUT2D eigenvalue weighted by atomic mass is 28.4. The zero-order valence-corrected chi connectivity index (χ0v) is 24.0. The van der Waals surface area contributed by atoms with Crippen LogP contribution in [0.5, 0.6) is 0 Å². The second-order valence-electron chi connectivity index (χ2n) is 12.5. The van der Waals surface area contributed by atoms with Gasteiger partial charge < -0.3 is 14.1 Å².